The minimum atomic E-state index is 0.997. The summed E-state index contributed by atoms with van der Waals surface area (Å²) in [5.41, 5.74) is 2.66. The number of hydrogen-bond donors (Lipinski definition) is 0. The molecule has 15 heavy (non-hydrogen) atoms. The van der Waals surface area contributed by atoms with Gasteiger partial charge < -0.3 is 4.42 Å². The molecule has 0 spiro atoms. The van der Waals surface area contributed by atoms with Gasteiger partial charge in [-0.15, -0.1) is 6.58 Å². The number of fused-ring (bicyclic) bond motifs is 1. The molecule has 0 saturated heterocycles. The topological polar surface area (TPSA) is 13.1 Å². The second-order valence-electron chi connectivity index (χ2n) is 3.78. The van der Waals surface area contributed by atoms with E-state index in [1.807, 2.05) is 12.1 Å². The molecule has 0 bridgehead atoms. The lowest BCUT2D eigenvalue weighted by Gasteiger charge is -2.02. The van der Waals surface area contributed by atoms with Gasteiger partial charge in [0, 0.05) is 5.56 Å². The zero-order valence-electron chi connectivity index (χ0n) is 8.91. The fourth-order valence-corrected chi connectivity index (χ4v) is 1.88. The summed E-state index contributed by atoms with van der Waals surface area (Å²) in [6.07, 6.45) is 8.41. The molecule has 2 aliphatic rings. The molecule has 1 aliphatic heterocycles. The molecule has 0 unspecified atom stereocenters. The second kappa shape index (κ2) is 4.83. The van der Waals surface area contributed by atoms with Crippen LogP contribution in [0.15, 0.2) is 47.6 Å². The summed E-state index contributed by atoms with van der Waals surface area (Å²) in [6.45, 7) is 3.73. The van der Waals surface area contributed by atoms with Crippen LogP contribution < -0.4 is 0 Å². The minimum absolute atomic E-state index is 0.997. The van der Waals surface area contributed by atoms with Gasteiger partial charge in [-0.3, -0.25) is 0 Å². The maximum atomic E-state index is 5.40. The van der Waals surface area contributed by atoms with Gasteiger partial charge in [0.15, 0.2) is 0 Å². The van der Waals surface area contributed by atoms with Gasteiger partial charge in [0.25, 0.3) is 0 Å². The Hall–Kier alpha value is -1.50. The van der Waals surface area contributed by atoms with Crippen molar-refractivity contribution in [3.63, 3.8) is 0 Å². The average molecular weight is 200 g/mol. The molecule has 0 radical (unpaired) electrons. The van der Waals surface area contributed by atoms with Crippen LogP contribution in [0.5, 0.6) is 0 Å². The fourth-order valence-electron chi connectivity index (χ4n) is 1.88. The van der Waals surface area contributed by atoms with Crippen LogP contribution in [0.4, 0.5) is 0 Å². The van der Waals surface area contributed by atoms with Crippen molar-refractivity contribution in [1.82, 2.24) is 0 Å². The van der Waals surface area contributed by atoms with Crippen LogP contribution in [-0.2, 0) is 6.42 Å². The molecule has 0 aromatic heterocycles. The largest absolute Gasteiger partial charge is 0.464 e. The number of allylic oxidation sites excluding steroid dienone is 1. The summed E-state index contributed by atoms with van der Waals surface area (Å²) in [5.74, 6) is 0.997. The van der Waals surface area contributed by atoms with E-state index in [1.54, 1.807) is 6.26 Å². The predicted octanol–water partition coefficient (Wildman–Crippen LogP) is 4.28. The van der Waals surface area contributed by atoms with Gasteiger partial charge in [0.2, 0.25) is 0 Å². The minimum Gasteiger partial charge on any atom is -0.464 e. The standard InChI is InChI=1S/C14H16O/c1-2-3-4-5-7-12-9-10-14-13(12)8-6-11-15-14/h2,6,8-11H,1,3-5,7H2. The molecule has 1 heteroatoms. The average Bonchev–Trinajstić information content (AvgIpc) is 2.68. The molecule has 0 fully saturated rings. The van der Waals surface area contributed by atoms with Crippen molar-refractivity contribution in [3.8, 4) is 11.3 Å². The third kappa shape index (κ3) is 2.30. The number of unbranched alkanes of at least 4 members (excludes halogenated alkanes) is 2. The Balaban J connectivity index is 2.00. The first-order valence-corrected chi connectivity index (χ1v) is 5.48. The highest BCUT2D eigenvalue weighted by atomic mass is 16.3. The molecule has 1 aliphatic carbocycles. The molecular formula is C14H16O. The first kappa shape index (κ1) is 10.0. The molecule has 2 rings (SSSR count). The SMILES string of the molecule is C=CCCCCc1ccc2occcc1-2. The first-order valence-electron chi connectivity index (χ1n) is 5.48. The summed E-state index contributed by atoms with van der Waals surface area (Å²) in [5, 5.41) is 0. The number of rotatable bonds is 5. The van der Waals surface area contributed by atoms with Gasteiger partial charge in [-0.1, -0.05) is 12.1 Å². The van der Waals surface area contributed by atoms with Crippen molar-refractivity contribution < 1.29 is 4.42 Å². The quantitative estimate of drug-likeness (QED) is 0.518. The zero-order chi connectivity index (χ0) is 10.5. The maximum Gasteiger partial charge on any atom is 0.134 e. The molecule has 0 saturated carbocycles. The molecule has 1 heterocycles. The van der Waals surface area contributed by atoms with Crippen LogP contribution in [0.3, 0.4) is 0 Å². The summed E-state index contributed by atoms with van der Waals surface area (Å²) in [6, 6.07) is 8.30. The lowest BCUT2D eigenvalue weighted by molar-refractivity contribution is 0.566. The van der Waals surface area contributed by atoms with E-state index >= 15 is 0 Å². The van der Waals surface area contributed by atoms with E-state index in [0.717, 1.165) is 18.6 Å². The Labute approximate surface area is 90.8 Å². The molecule has 0 amide bonds. The normalized spacial score (nSPS) is 10.7. The highest BCUT2D eigenvalue weighted by Crippen LogP contribution is 2.28. The van der Waals surface area contributed by atoms with E-state index < -0.39 is 0 Å². The van der Waals surface area contributed by atoms with Gasteiger partial charge in [-0.05, 0) is 49.4 Å². The monoisotopic (exact) mass is 200 g/mol. The molecule has 1 nitrogen and oxygen atoms in total. The molecule has 0 N–H and O–H groups in total. The summed E-state index contributed by atoms with van der Waals surface area (Å²) < 4.78 is 5.40. The van der Waals surface area contributed by atoms with Gasteiger partial charge >= 0.3 is 0 Å². The van der Waals surface area contributed by atoms with Crippen LogP contribution in [0, 0.1) is 0 Å². The number of aryl methyl sites for hydroxylation is 1. The second-order valence-corrected chi connectivity index (χ2v) is 3.78. The maximum absolute atomic E-state index is 5.40. The zero-order valence-corrected chi connectivity index (χ0v) is 8.91. The van der Waals surface area contributed by atoms with Crippen LogP contribution in [-0.4, -0.2) is 0 Å². The van der Waals surface area contributed by atoms with Crippen LogP contribution in [0.1, 0.15) is 24.8 Å². The molecule has 78 valence electrons. The molecule has 0 aromatic carbocycles. The van der Waals surface area contributed by atoms with Crippen LogP contribution in [0.2, 0.25) is 0 Å². The van der Waals surface area contributed by atoms with Crippen LogP contribution >= 0.6 is 0 Å². The van der Waals surface area contributed by atoms with Gasteiger partial charge in [-0.25, -0.2) is 0 Å². The van der Waals surface area contributed by atoms with E-state index in [2.05, 4.69) is 24.8 Å². The molecule has 0 atom stereocenters. The Morgan fingerprint density at radius 3 is 3.00 bits per heavy atom. The number of hydrogen-bond acceptors (Lipinski definition) is 1. The van der Waals surface area contributed by atoms with Crippen molar-refractivity contribution in [3.05, 3.63) is 48.7 Å². The van der Waals surface area contributed by atoms with Crippen LogP contribution in [0.25, 0.3) is 11.3 Å². The van der Waals surface area contributed by atoms with E-state index in [4.69, 9.17) is 4.42 Å². The van der Waals surface area contributed by atoms with Crippen molar-refractivity contribution in [2.45, 2.75) is 25.7 Å². The Morgan fingerprint density at radius 1 is 1.20 bits per heavy atom. The van der Waals surface area contributed by atoms with Crippen molar-refractivity contribution >= 4 is 0 Å². The third-order valence-corrected chi connectivity index (χ3v) is 2.69. The summed E-state index contributed by atoms with van der Waals surface area (Å²) >= 11 is 0. The van der Waals surface area contributed by atoms with Crippen molar-refractivity contribution in [2.24, 2.45) is 0 Å². The van der Waals surface area contributed by atoms with E-state index in [1.165, 1.54) is 24.0 Å². The van der Waals surface area contributed by atoms with E-state index in [-0.39, 0.29) is 0 Å². The molecular weight excluding hydrogens is 184 g/mol. The predicted molar refractivity (Wildman–Crippen MR) is 63.1 cm³/mol. The smallest absolute Gasteiger partial charge is 0.134 e. The Bertz CT molecular complexity index is 400. The summed E-state index contributed by atoms with van der Waals surface area (Å²) in [4.78, 5) is 0. The highest BCUT2D eigenvalue weighted by Gasteiger charge is 2.09. The Kier molecular flexibility index (Phi) is 3.23. The van der Waals surface area contributed by atoms with Gasteiger partial charge in [-0.2, -0.15) is 0 Å². The Morgan fingerprint density at radius 2 is 2.13 bits per heavy atom. The highest BCUT2D eigenvalue weighted by molar-refractivity contribution is 5.65. The van der Waals surface area contributed by atoms with Crippen molar-refractivity contribution in [1.29, 1.82) is 0 Å². The lowest BCUT2D eigenvalue weighted by Crippen LogP contribution is -1.85. The fraction of sp³-hybridized carbons (Fsp3) is 0.286. The third-order valence-electron chi connectivity index (χ3n) is 2.69. The van der Waals surface area contributed by atoms with Crippen molar-refractivity contribution in [2.75, 3.05) is 0 Å². The molecule has 0 aromatic rings. The summed E-state index contributed by atoms with van der Waals surface area (Å²) in [7, 11) is 0. The van der Waals surface area contributed by atoms with Gasteiger partial charge in [0.1, 0.15) is 5.76 Å². The van der Waals surface area contributed by atoms with Gasteiger partial charge in [0.05, 0.1) is 6.26 Å². The van der Waals surface area contributed by atoms with E-state index in [9.17, 15) is 0 Å². The van der Waals surface area contributed by atoms with E-state index in [0.29, 0.717) is 0 Å². The first-order chi connectivity index (χ1) is 7.42. The lowest BCUT2D eigenvalue weighted by atomic mass is 10.1.